The summed E-state index contributed by atoms with van der Waals surface area (Å²) < 4.78 is 102. The number of rotatable bonds is 18. The summed E-state index contributed by atoms with van der Waals surface area (Å²) in [4.78, 5) is 13.2. The van der Waals surface area contributed by atoms with E-state index >= 15 is 0 Å². The molecule has 5 aliphatic heterocycles. The highest BCUT2D eigenvalue weighted by atomic mass is 32.3. The van der Waals surface area contributed by atoms with Crippen LogP contribution in [0, 0.1) is 40.4 Å². The van der Waals surface area contributed by atoms with E-state index in [1.165, 1.54) is 20.8 Å². The maximum absolute atomic E-state index is 13.2. The van der Waals surface area contributed by atoms with Crippen LogP contribution >= 0.6 is 0 Å². The monoisotopic (exact) mass is 1240 g/mol. The second-order valence-electron chi connectivity index (χ2n) is 26.6. The molecule has 4 aliphatic carbocycles. The number of aliphatic hydroxyl groups is 13. The van der Waals surface area contributed by atoms with Crippen LogP contribution in [-0.4, -0.2) is 264 Å². The Morgan fingerprint density at radius 3 is 1.79 bits per heavy atom. The predicted octanol–water partition coefficient (Wildman–Crippen LogP) is -3.02. The van der Waals surface area contributed by atoms with Crippen molar-refractivity contribution in [2.45, 2.75) is 278 Å². The fourth-order valence-corrected chi connectivity index (χ4v) is 16.3. The quantitative estimate of drug-likeness (QED) is 0.0369. The van der Waals surface area contributed by atoms with Gasteiger partial charge >= 0.3 is 0 Å². The van der Waals surface area contributed by atoms with Gasteiger partial charge in [0, 0.05) is 12.8 Å². The highest BCUT2D eigenvalue weighted by Crippen LogP contribution is 2.67. The smallest absolute Gasteiger partial charge is 0.217 e. The SMILES string of the molecule is CC(C)CC(=O)CC(C)(O)[C@H]1CC[C@H]2[C@@H]3C[C@H](O[C@@H]4O[C@H](C)[C@@H](O)[C@H](O[C@@H]5OC[C@@H](O[C@@H]6O[C@H](CO)[C@H](O)[C@H](O)[C@H]6O[C@@H]6O[C@H](C)[C@H](O)[C@H](O)[C@H]6O)[C@H](O)[C@H]5O[C@@H]5O[C@H](C)[C@@H](O)[C@H](O)[C@H]5O)[C@H]4O)[C@H]4C[C@@H](OS(=O)(=O)[O-])CC[C@]4(C)C3=CC[C@]12C. The Morgan fingerprint density at radius 2 is 1.21 bits per heavy atom. The molecule has 0 bridgehead atoms. The number of ether oxygens (including phenoxy) is 10. The molecule has 0 radical (unpaired) electrons. The summed E-state index contributed by atoms with van der Waals surface area (Å²) in [6.07, 6.45) is -37.5. The summed E-state index contributed by atoms with van der Waals surface area (Å²) in [6, 6.07) is 0. The Balaban J connectivity index is 0.982. The Morgan fingerprint density at radius 1 is 0.659 bits per heavy atom. The van der Waals surface area contributed by atoms with E-state index in [2.05, 4.69) is 19.9 Å². The van der Waals surface area contributed by atoms with Gasteiger partial charge < -0.3 is 118 Å². The molecule has 0 amide bonds. The van der Waals surface area contributed by atoms with E-state index in [1.807, 2.05) is 13.8 Å². The lowest BCUT2D eigenvalue weighted by atomic mass is 9.47. The van der Waals surface area contributed by atoms with Crippen molar-refractivity contribution in [3.63, 3.8) is 0 Å². The average Bonchev–Trinajstić information content (AvgIpc) is 1.71. The number of fused-ring (bicyclic) bond motifs is 5. The standard InChI is InChI=1S/C56H92O28S/c1-21(2)15-25(58)18-56(8,70)34-10-9-28-27-17-31(30-16-26(84-85(71,72)73)11-13-54(30,6)29(27)12-14-55(28,34)7)78-51-45(69)46(37(61)24(5)77-51)81-52-47(82-49-43(67)40(64)35(59)22(3)75-49)39(63)33(20-74-52)80-53-48(42(66)38(62)32(19-57)79-53)83-50-44(68)41(65)36(60)23(4)76-50/h12,21-24,26-28,30-53,57,59-70H,9-11,13-20H2,1-8H3,(H,71,72,73)/p-1/t22-,23-,24-,26+,27+,28+,30-,31+,32-,33-,34+,35-,36+,37-,38+,39+,40+,41+,42+,43-,44-,45-,46+,47-,48-,49+,50+,51+,52+,53+,54-,55+,56?/m1/s1. The Bertz CT molecular complexity index is 2420. The first-order valence-corrected chi connectivity index (χ1v) is 31.2. The van der Waals surface area contributed by atoms with E-state index < -0.39 is 206 Å². The lowest BCUT2D eigenvalue weighted by Gasteiger charge is -2.60. The summed E-state index contributed by atoms with van der Waals surface area (Å²) in [5.74, 6) is -0.864. The molecule has 85 heavy (non-hydrogen) atoms. The number of aliphatic hydroxyl groups excluding tert-OH is 12. The second kappa shape index (κ2) is 26.2. The topological polar surface area (TPSA) is 439 Å². The molecule has 29 heteroatoms. The highest BCUT2D eigenvalue weighted by molar-refractivity contribution is 7.80. The van der Waals surface area contributed by atoms with Crippen molar-refractivity contribution >= 4 is 16.2 Å². The van der Waals surface area contributed by atoms with Crippen molar-refractivity contribution in [3.05, 3.63) is 11.6 Å². The number of carbonyl (C=O) groups excluding carboxylic acids is 1. The van der Waals surface area contributed by atoms with Crippen LogP contribution in [0.3, 0.4) is 0 Å². The Labute approximate surface area is 494 Å². The summed E-state index contributed by atoms with van der Waals surface area (Å²) in [5.41, 5.74) is -1.31. The van der Waals surface area contributed by atoms with E-state index in [0.29, 0.717) is 38.5 Å². The highest BCUT2D eigenvalue weighted by Gasteiger charge is 2.64. The largest absolute Gasteiger partial charge is 0.726 e. The third-order valence-electron chi connectivity index (χ3n) is 20.3. The first-order chi connectivity index (χ1) is 39.7. The van der Waals surface area contributed by atoms with E-state index in [4.69, 9.17) is 51.6 Å². The molecule has 0 aromatic carbocycles. The molecule has 13 N–H and O–H groups in total. The van der Waals surface area contributed by atoms with Gasteiger partial charge in [0.05, 0.1) is 49.3 Å². The van der Waals surface area contributed by atoms with Gasteiger partial charge in [0.15, 0.2) is 31.5 Å². The summed E-state index contributed by atoms with van der Waals surface area (Å²) in [7, 11) is -5.13. The molecule has 9 aliphatic rings. The Hall–Kier alpha value is -1.64. The van der Waals surface area contributed by atoms with Crippen LogP contribution in [0.2, 0.25) is 0 Å². The van der Waals surface area contributed by atoms with Crippen LogP contribution in [0.25, 0.3) is 0 Å². The number of hydrogen-bond acceptors (Lipinski definition) is 28. The minimum atomic E-state index is -5.13. The van der Waals surface area contributed by atoms with Gasteiger partial charge in [-0.1, -0.05) is 39.3 Å². The van der Waals surface area contributed by atoms with Crippen molar-refractivity contribution in [1.82, 2.24) is 0 Å². The molecule has 8 fully saturated rings. The number of hydrogen-bond donors (Lipinski definition) is 13. The molecule has 3 saturated carbocycles. The molecular weight excluding hydrogens is 1150 g/mol. The summed E-state index contributed by atoms with van der Waals surface area (Å²) in [6.45, 7) is 12.5. The molecule has 490 valence electrons. The van der Waals surface area contributed by atoms with Gasteiger partial charge in [-0.05, 0) is 113 Å². The number of Topliss-reactive ketones (excluding diaryl/α,β-unsaturated/α-hetero) is 1. The lowest BCUT2D eigenvalue weighted by molar-refractivity contribution is -0.398. The molecule has 9 rings (SSSR count). The van der Waals surface area contributed by atoms with E-state index in [1.54, 1.807) is 6.92 Å². The van der Waals surface area contributed by atoms with Gasteiger partial charge in [-0.2, -0.15) is 0 Å². The van der Waals surface area contributed by atoms with Crippen LogP contribution < -0.4 is 0 Å². The Kier molecular flexibility index (Phi) is 20.8. The number of ketones is 1. The van der Waals surface area contributed by atoms with Crippen molar-refractivity contribution < 1.29 is 136 Å². The van der Waals surface area contributed by atoms with Gasteiger partial charge in [0.2, 0.25) is 10.4 Å². The normalized spacial score (nSPS) is 51.3. The second-order valence-corrected chi connectivity index (χ2v) is 27.7. The summed E-state index contributed by atoms with van der Waals surface area (Å²) in [5, 5.41) is 145. The third kappa shape index (κ3) is 13.5. The van der Waals surface area contributed by atoms with Crippen LogP contribution in [0.4, 0.5) is 0 Å². The van der Waals surface area contributed by atoms with Gasteiger partial charge in [-0.15, -0.1) is 0 Å². The number of carbonyl (C=O) groups is 1. The van der Waals surface area contributed by atoms with E-state index in [0.717, 1.165) is 5.57 Å². The summed E-state index contributed by atoms with van der Waals surface area (Å²) >= 11 is 0. The van der Waals surface area contributed by atoms with Crippen LogP contribution in [0.1, 0.15) is 113 Å². The molecule has 0 aromatic rings. The first kappa shape index (κ1) is 67.7. The zero-order chi connectivity index (χ0) is 62.3. The van der Waals surface area contributed by atoms with Crippen molar-refractivity contribution in [2.75, 3.05) is 13.2 Å². The van der Waals surface area contributed by atoms with Crippen LogP contribution in [0.15, 0.2) is 11.6 Å². The van der Waals surface area contributed by atoms with Crippen molar-refractivity contribution in [3.8, 4) is 0 Å². The minimum Gasteiger partial charge on any atom is -0.726 e. The zero-order valence-electron chi connectivity index (χ0n) is 49.1. The molecule has 1 unspecified atom stereocenters. The molecule has 0 spiro atoms. The number of allylic oxidation sites excluding steroid dienone is 2. The zero-order valence-corrected chi connectivity index (χ0v) is 49.9. The molecule has 5 saturated heterocycles. The minimum absolute atomic E-state index is 0.00486. The van der Waals surface area contributed by atoms with Gasteiger partial charge in [0.25, 0.3) is 0 Å². The fourth-order valence-electron chi connectivity index (χ4n) is 15.8. The first-order valence-electron chi connectivity index (χ1n) is 29.9. The van der Waals surface area contributed by atoms with Gasteiger partial charge in [-0.3, -0.25) is 8.98 Å². The lowest BCUT2D eigenvalue weighted by Crippen LogP contribution is -2.67. The predicted molar refractivity (Wildman–Crippen MR) is 284 cm³/mol. The van der Waals surface area contributed by atoms with Gasteiger partial charge in [-0.25, -0.2) is 8.42 Å². The molecule has 33 atom stereocenters. The van der Waals surface area contributed by atoms with Gasteiger partial charge in [0.1, 0.15) is 103 Å². The van der Waals surface area contributed by atoms with E-state index in [-0.39, 0.29) is 48.7 Å². The van der Waals surface area contributed by atoms with E-state index in [9.17, 15) is 84.1 Å². The van der Waals surface area contributed by atoms with Crippen molar-refractivity contribution in [1.29, 1.82) is 0 Å². The molecular formula is C56H91O28S-. The third-order valence-corrected chi connectivity index (χ3v) is 20.8. The fraction of sp³-hybridized carbons (Fsp3) is 0.946. The van der Waals surface area contributed by atoms with Crippen LogP contribution in [0.5, 0.6) is 0 Å². The maximum Gasteiger partial charge on any atom is 0.217 e. The van der Waals surface area contributed by atoms with Crippen LogP contribution in [-0.2, 0) is 66.7 Å². The average molecular weight is 1240 g/mol. The molecule has 28 nitrogen and oxygen atoms in total. The van der Waals surface area contributed by atoms with Crippen molar-refractivity contribution in [2.24, 2.45) is 40.4 Å². The molecule has 0 aromatic heterocycles. The molecule has 5 heterocycles. The maximum atomic E-state index is 13.2.